The Balaban J connectivity index is 1.57. The van der Waals surface area contributed by atoms with Crippen LogP contribution in [0.25, 0.3) is 16.3 Å². The van der Waals surface area contributed by atoms with Crippen molar-refractivity contribution in [2.45, 2.75) is 0 Å². The van der Waals surface area contributed by atoms with Crippen molar-refractivity contribution in [3.05, 3.63) is 46.7 Å². The van der Waals surface area contributed by atoms with Gasteiger partial charge in [0.25, 0.3) is 5.91 Å². The van der Waals surface area contributed by atoms with Gasteiger partial charge in [0.15, 0.2) is 5.13 Å². The summed E-state index contributed by atoms with van der Waals surface area (Å²) < 4.78 is 11.7. The van der Waals surface area contributed by atoms with Gasteiger partial charge in [0.1, 0.15) is 5.75 Å². The number of aromatic nitrogens is 1. The number of carbonyl (C=O) groups excluding carboxylic acids is 1. The predicted octanol–water partition coefficient (Wildman–Crippen LogP) is 3.75. The summed E-state index contributed by atoms with van der Waals surface area (Å²) in [4.78, 5) is 22.9. The van der Waals surface area contributed by atoms with Crippen molar-refractivity contribution in [2.24, 2.45) is 0 Å². The number of anilines is 1. The van der Waals surface area contributed by atoms with E-state index in [0.29, 0.717) is 11.7 Å². The van der Waals surface area contributed by atoms with Crippen LogP contribution in [0.1, 0.15) is 4.88 Å². The molecule has 3 aromatic rings. The van der Waals surface area contributed by atoms with E-state index in [1.165, 1.54) is 11.3 Å². The molecule has 0 unspecified atom stereocenters. The summed E-state index contributed by atoms with van der Waals surface area (Å²) in [6, 6.07) is 9.76. The number of nitrogens with zero attached hydrogens (tertiary/aromatic N) is 3. The molecule has 0 atom stereocenters. The Labute approximate surface area is 178 Å². The Kier molecular flexibility index (Phi) is 6.56. The van der Waals surface area contributed by atoms with Crippen molar-refractivity contribution in [1.29, 1.82) is 0 Å². The summed E-state index contributed by atoms with van der Waals surface area (Å²) in [7, 11) is 1.65. The van der Waals surface area contributed by atoms with Crippen molar-refractivity contribution in [3.63, 3.8) is 0 Å². The standard InChI is InChI=1S/C21H23N3O3S2/c1-26-16-4-6-18-19(15-16)29-21(22-18)24(9-8-23-10-12-27-13-11-23)20(25)7-5-17-3-2-14-28-17/h2-7,14-15H,8-13H2,1H3. The normalized spacial score (nSPS) is 15.2. The summed E-state index contributed by atoms with van der Waals surface area (Å²) in [6.07, 6.45) is 3.50. The molecule has 2 aromatic heterocycles. The largest absolute Gasteiger partial charge is 0.497 e. The van der Waals surface area contributed by atoms with Gasteiger partial charge in [0, 0.05) is 37.1 Å². The molecule has 0 N–H and O–H groups in total. The number of benzene rings is 1. The molecule has 0 bridgehead atoms. The number of methoxy groups -OCH3 is 1. The SMILES string of the molecule is COc1ccc2nc(N(CCN3CCOCC3)C(=O)C=Cc3cccs3)sc2c1. The van der Waals surface area contributed by atoms with Crippen LogP contribution in [0.15, 0.2) is 41.8 Å². The van der Waals surface area contributed by atoms with Gasteiger partial charge in [-0.2, -0.15) is 0 Å². The van der Waals surface area contributed by atoms with Crippen LogP contribution in [0.2, 0.25) is 0 Å². The Hall–Kier alpha value is -2.26. The van der Waals surface area contributed by atoms with Crippen LogP contribution < -0.4 is 9.64 Å². The number of morpholine rings is 1. The van der Waals surface area contributed by atoms with Crippen LogP contribution in [0.3, 0.4) is 0 Å². The average Bonchev–Trinajstić information content (AvgIpc) is 3.42. The number of thiazole rings is 1. The quantitative estimate of drug-likeness (QED) is 0.536. The molecule has 1 aliphatic rings. The molecule has 0 spiro atoms. The zero-order valence-corrected chi connectivity index (χ0v) is 17.9. The summed E-state index contributed by atoms with van der Waals surface area (Å²) in [5, 5.41) is 2.71. The minimum Gasteiger partial charge on any atom is -0.497 e. The maximum atomic E-state index is 13.1. The van der Waals surface area contributed by atoms with E-state index < -0.39 is 0 Å². The second-order valence-corrected chi connectivity index (χ2v) is 8.61. The van der Waals surface area contributed by atoms with Crippen LogP contribution in [0, 0.1) is 0 Å². The minimum atomic E-state index is -0.0577. The van der Waals surface area contributed by atoms with E-state index in [1.807, 2.05) is 41.8 Å². The fraction of sp³-hybridized carbons (Fsp3) is 0.333. The molecule has 3 heterocycles. The lowest BCUT2D eigenvalue weighted by Gasteiger charge is -2.28. The second kappa shape index (κ2) is 9.49. The Bertz CT molecular complexity index is 978. The third-order valence-electron chi connectivity index (χ3n) is 4.76. The molecule has 4 rings (SSSR count). The molecule has 1 aromatic carbocycles. The van der Waals surface area contributed by atoms with Crippen LogP contribution >= 0.6 is 22.7 Å². The Morgan fingerprint density at radius 3 is 2.97 bits per heavy atom. The van der Waals surface area contributed by atoms with Gasteiger partial charge in [-0.3, -0.25) is 14.6 Å². The number of hydrogen-bond acceptors (Lipinski definition) is 7. The first-order valence-corrected chi connectivity index (χ1v) is 11.2. The molecule has 29 heavy (non-hydrogen) atoms. The number of amides is 1. The summed E-state index contributed by atoms with van der Waals surface area (Å²) >= 11 is 3.12. The molecule has 1 aliphatic heterocycles. The number of carbonyl (C=O) groups is 1. The topological polar surface area (TPSA) is 54.9 Å². The summed E-state index contributed by atoms with van der Waals surface area (Å²) in [5.41, 5.74) is 0.872. The number of thiophene rings is 1. The second-order valence-electron chi connectivity index (χ2n) is 6.62. The molecule has 152 valence electrons. The van der Waals surface area contributed by atoms with Crippen LogP contribution in [0.4, 0.5) is 5.13 Å². The maximum absolute atomic E-state index is 13.1. The first kappa shape index (κ1) is 20.0. The zero-order chi connectivity index (χ0) is 20.1. The number of ether oxygens (including phenoxy) is 2. The number of hydrogen-bond donors (Lipinski definition) is 0. The predicted molar refractivity (Wildman–Crippen MR) is 119 cm³/mol. The van der Waals surface area contributed by atoms with Gasteiger partial charge in [-0.15, -0.1) is 11.3 Å². The molecule has 6 nitrogen and oxygen atoms in total. The molecule has 0 saturated carbocycles. The lowest BCUT2D eigenvalue weighted by Crippen LogP contribution is -2.42. The number of rotatable bonds is 7. The fourth-order valence-electron chi connectivity index (χ4n) is 3.13. The molecule has 8 heteroatoms. The summed E-state index contributed by atoms with van der Waals surface area (Å²) in [6.45, 7) is 4.65. The highest BCUT2D eigenvalue weighted by Gasteiger charge is 2.20. The zero-order valence-electron chi connectivity index (χ0n) is 16.2. The lowest BCUT2D eigenvalue weighted by atomic mass is 10.3. The van der Waals surface area contributed by atoms with E-state index >= 15 is 0 Å². The third-order valence-corrected chi connectivity index (χ3v) is 6.64. The average molecular weight is 430 g/mol. The van der Waals surface area contributed by atoms with Gasteiger partial charge in [-0.25, -0.2) is 4.98 Å². The first-order valence-electron chi connectivity index (χ1n) is 9.51. The number of fused-ring (bicyclic) bond motifs is 1. The maximum Gasteiger partial charge on any atom is 0.252 e. The van der Waals surface area contributed by atoms with E-state index in [9.17, 15) is 4.79 Å². The highest BCUT2D eigenvalue weighted by molar-refractivity contribution is 7.22. The van der Waals surface area contributed by atoms with E-state index in [-0.39, 0.29) is 5.91 Å². The van der Waals surface area contributed by atoms with Gasteiger partial charge in [-0.05, 0) is 35.7 Å². The fourth-order valence-corrected chi connectivity index (χ4v) is 4.77. The Morgan fingerprint density at radius 1 is 1.34 bits per heavy atom. The highest BCUT2D eigenvalue weighted by Crippen LogP contribution is 2.31. The van der Waals surface area contributed by atoms with Crippen LogP contribution in [0.5, 0.6) is 5.75 Å². The van der Waals surface area contributed by atoms with E-state index in [1.54, 1.807) is 29.4 Å². The highest BCUT2D eigenvalue weighted by atomic mass is 32.1. The van der Waals surface area contributed by atoms with Gasteiger partial charge >= 0.3 is 0 Å². The van der Waals surface area contributed by atoms with Crippen molar-refractivity contribution in [1.82, 2.24) is 9.88 Å². The lowest BCUT2D eigenvalue weighted by molar-refractivity contribution is -0.114. The molecule has 1 amide bonds. The van der Waals surface area contributed by atoms with Crippen molar-refractivity contribution < 1.29 is 14.3 Å². The third kappa shape index (κ3) is 5.02. The smallest absolute Gasteiger partial charge is 0.252 e. The van der Waals surface area contributed by atoms with Crippen molar-refractivity contribution >= 4 is 50.0 Å². The van der Waals surface area contributed by atoms with Gasteiger partial charge < -0.3 is 9.47 Å². The molecule has 1 fully saturated rings. The minimum absolute atomic E-state index is 0.0577. The van der Waals surface area contributed by atoms with Gasteiger partial charge in [-0.1, -0.05) is 17.4 Å². The van der Waals surface area contributed by atoms with Crippen molar-refractivity contribution in [3.8, 4) is 5.75 Å². The Morgan fingerprint density at radius 2 is 2.21 bits per heavy atom. The molecular weight excluding hydrogens is 406 g/mol. The first-order chi connectivity index (χ1) is 14.2. The van der Waals surface area contributed by atoms with E-state index in [0.717, 1.165) is 53.7 Å². The van der Waals surface area contributed by atoms with Crippen molar-refractivity contribution in [2.75, 3.05) is 51.4 Å². The molecule has 1 saturated heterocycles. The van der Waals surface area contributed by atoms with Gasteiger partial charge in [0.05, 0.1) is 30.5 Å². The monoisotopic (exact) mass is 429 g/mol. The molecule has 0 radical (unpaired) electrons. The van der Waals surface area contributed by atoms with Gasteiger partial charge in [0.2, 0.25) is 0 Å². The van der Waals surface area contributed by atoms with E-state index in [2.05, 4.69) is 4.90 Å². The molecular formula is C21H23N3O3S2. The van der Waals surface area contributed by atoms with E-state index in [4.69, 9.17) is 14.5 Å². The van der Waals surface area contributed by atoms with Crippen LogP contribution in [-0.4, -0.2) is 62.3 Å². The summed E-state index contributed by atoms with van der Waals surface area (Å²) in [5.74, 6) is 0.731. The van der Waals surface area contributed by atoms with Crippen LogP contribution in [-0.2, 0) is 9.53 Å². The molecule has 0 aliphatic carbocycles.